The quantitative estimate of drug-likeness (QED) is 0.630. The molecule has 1 saturated heterocycles. The molecule has 1 aliphatic rings. The SMILES string of the molecule is CCNC(=O)CN1CCN(C(=O)c2ccc([N+](=O)[O-])s2)CC1. The Bertz CT molecular complexity index is 566. The maximum atomic E-state index is 12.3. The number of piperazine rings is 1. The largest absolute Gasteiger partial charge is 0.355 e. The standard InChI is InChI=1S/C13H18N4O4S/c1-2-14-11(18)9-15-5-7-16(8-6-15)13(19)10-3-4-12(22-10)17(20)21/h3-4H,2,5-9H2,1H3,(H,14,18). The van der Waals surface area contributed by atoms with E-state index in [1.54, 1.807) is 4.90 Å². The minimum atomic E-state index is -0.494. The lowest BCUT2D eigenvalue weighted by molar-refractivity contribution is -0.380. The van der Waals surface area contributed by atoms with Crippen molar-refractivity contribution in [1.82, 2.24) is 15.1 Å². The van der Waals surface area contributed by atoms with Gasteiger partial charge in [0.15, 0.2) is 0 Å². The molecule has 22 heavy (non-hydrogen) atoms. The normalized spacial score (nSPS) is 15.6. The summed E-state index contributed by atoms with van der Waals surface area (Å²) in [5.41, 5.74) is 0. The average molecular weight is 326 g/mol. The molecule has 0 aliphatic carbocycles. The molecule has 0 atom stereocenters. The van der Waals surface area contributed by atoms with Crippen molar-refractivity contribution in [3.63, 3.8) is 0 Å². The molecule has 0 bridgehead atoms. The lowest BCUT2D eigenvalue weighted by atomic mass is 10.3. The van der Waals surface area contributed by atoms with Crippen molar-refractivity contribution in [2.24, 2.45) is 0 Å². The van der Waals surface area contributed by atoms with Crippen LogP contribution in [0.2, 0.25) is 0 Å². The van der Waals surface area contributed by atoms with E-state index in [0.717, 1.165) is 11.3 Å². The minimum absolute atomic E-state index is 0.0174. The summed E-state index contributed by atoms with van der Waals surface area (Å²) < 4.78 is 0. The first-order valence-corrected chi connectivity index (χ1v) is 7.85. The fourth-order valence-corrected chi connectivity index (χ4v) is 3.05. The highest BCUT2D eigenvalue weighted by Gasteiger charge is 2.25. The molecule has 120 valence electrons. The summed E-state index contributed by atoms with van der Waals surface area (Å²) >= 11 is 0.893. The Morgan fingerprint density at radius 1 is 1.32 bits per heavy atom. The number of hydrogen-bond acceptors (Lipinski definition) is 6. The third kappa shape index (κ3) is 4.01. The highest BCUT2D eigenvalue weighted by atomic mass is 32.1. The third-order valence-electron chi connectivity index (χ3n) is 3.38. The number of nitrogens with one attached hydrogen (secondary N) is 1. The zero-order valence-electron chi connectivity index (χ0n) is 12.3. The number of thiophene rings is 1. The van der Waals surface area contributed by atoms with Crippen molar-refractivity contribution >= 4 is 28.2 Å². The fourth-order valence-electron chi connectivity index (χ4n) is 2.26. The first-order valence-electron chi connectivity index (χ1n) is 7.03. The summed E-state index contributed by atoms with van der Waals surface area (Å²) in [5, 5.41) is 13.4. The Hall–Kier alpha value is -2.00. The summed E-state index contributed by atoms with van der Waals surface area (Å²) in [4.78, 5) is 38.0. The van der Waals surface area contributed by atoms with Crippen molar-refractivity contribution < 1.29 is 14.5 Å². The van der Waals surface area contributed by atoms with Crippen molar-refractivity contribution in [1.29, 1.82) is 0 Å². The Labute approximate surface area is 131 Å². The topological polar surface area (TPSA) is 95.8 Å². The molecule has 0 spiro atoms. The molecular formula is C13H18N4O4S. The van der Waals surface area contributed by atoms with Gasteiger partial charge in [0.2, 0.25) is 5.91 Å². The van der Waals surface area contributed by atoms with Gasteiger partial charge in [0, 0.05) is 38.8 Å². The highest BCUT2D eigenvalue weighted by molar-refractivity contribution is 7.17. The van der Waals surface area contributed by atoms with Gasteiger partial charge in [-0.25, -0.2) is 0 Å². The predicted octanol–water partition coefficient (Wildman–Crippen LogP) is 0.550. The Kier molecular flexibility index (Phi) is 5.45. The van der Waals surface area contributed by atoms with E-state index in [-0.39, 0.29) is 16.8 Å². The summed E-state index contributed by atoms with van der Waals surface area (Å²) in [5.74, 6) is -0.202. The molecule has 1 aromatic rings. The zero-order valence-corrected chi connectivity index (χ0v) is 13.1. The Morgan fingerprint density at radius 3 is 2.55 bits per heavy atom. The van der Waals surface area contributed by atoms with Gasteiger partial charge >= 0.3 is 5.00 Å². The van der Waals surface area contributed by atoms with Gasteiger partial charge in [0.1, 0.15) is 0 Å². The van der Waals surface area contributed by atoms with Crippen molar-refractivity contribution in [2.45, 2.75) is 6.92 Å². The second-order valence-electron chi connectivity index (χ2n) is 4.92. The van der Waals surface area contributed by atoms with Crippen LogP contribution < -0.4 is 5.32 Å². The first-order chi connectivity index (χ1) is 10.5. The molecule has 0 unspecified atom stereocenters. The highest BCUT2D eigenvalue weighted by Crippen LogP contribution is 2.25. The molecule has 1 N–H and O–H groups in total. The van der Waals surface area contributed by atoms with Crippen molar-refractivity contribution in [3.8, 4) is 0 Å². The van der Waals surface area contributed by atoms with Crippen molar-refractivity contribution in [2.75, 3.05) is 39.3 Å². The second-order valence-corrected chi connectivity index (χ2v) is 5.98. The molecule has 8 nitrogen and oxygen atoms in total. The lowest BCUT2D eigenvalue weighted by Gasteiger charge is -2.34. The summed E-state index contributed by atoms with van der Waals surface area (Å²) in [7, 11) is 0. The van der Waals surface area contributed by atoms with Crippen LogP contribution in [-0.4, -0.2) is 65.8 Å². The Balaban J connectivity index is 1.86. The van der Waals surface area contributed by atoms with Crippen LogP contribution in [0.15, 0.2) is 12.1 Å². The molecule has 2 heterocycles. The summed E-state index contributed by atoms with van der Waals surface area (Å²) in [6, 6.07) is 2.84. The van der Waals surface area contributed by atoms with Crippen LogP contribution in [0, 0.1) is 10.1 Å². The minimum Gasteiger partial charge on any atom is -0.355 e. The van der Waals surface area contributed by atoms with Gasteiger partial charge in [0.05, 0.1) is 16.3 Å². The van der Waals surface area contributed by atoms with Gasteiger partial charge in [-0.05, 0) is 13.0 Å². The van der Waals surface area contributed by atoms with Gasteiger partial charge in [-0.3, -0.25) is 24.6 Å². The van der Waals surface area contributed by atoms with E-state index < -0.39 is 4.92 Å². The molecule has 0 saturated carbocycles. The molecule has 2 rings (SSSR count). The van der Waals surface area contributed by atoms with Crippen LogP contribution in [-0.2, 0) is 4.79 Å². The lowest BCUT2D eigenvalue weighted by Crippen LogP contribution is -2.51. The zero-order chi connectivity index (χ0) is 16.1. The van der Waals surface area contributed by atoms with Crippen LogP contribution in [0.25, 0.3) is 0 Å². The number of nitro groups is 1. The van der Waals surface area contributed by atoms with E-state index in [4.69, 9.17) is 0 Å². The van der Waals surface area contributed by atoms with Crippen LogP contribution in [0.1, 0.15) is 16.6 Å². The molecule has 0 aromatic carbocycles. The third-order valence-corrected chi connectivity index (χ3v) is 4.41. The molecule has 1 aromatic heterocycles. The fraction of sp³-hybridized carbons (Fsp3) is 0.538. The van der Waals surface area contributed by atoms with Gasteiger partial charge in [0.25, 0.3) is 5.91 Å². The van der Waals surface area contributed by atoms with E-state index in [1.807, 2.05) is 11.8 Å². The molecule has 1 fully saturated rings. The van der Waals surface area contributed by atoms with E-state index in [9.17, 15) is 19.7 Å². The molecule has 2 amide bonds. The second kappa shape index (κ2) is 7.32. The van der Waals surface area contributed by atoms with Gasteiger partial charge < -0.3 is 10.2 Å². The van der Waals surface area contributed by atoms with E-state index in [2.05, 4.69) is 5.32 Å². The first kappa shape index (κ1) is 16.4. The van der Waals surface area contributed by atoms with Crippen molar-refractivity contribution in [3.05, 3.63) is 27.1 Å². The maximum absolute atomic E-state index is 12.3. The van der Waals surface area contributed by atoms with Gasteiger partial charge in [-0.1, -0.05) is 11.3 Å². The van der Waals surface area contributed by atoms with E-state index in [1.165, 1.54) is 12.1 Å². The van der Waals surface area contributed by atoms with Crippen LogP contribution >= 0.6 is 11.3 Å². The van der Waals surface area contributed by atoms with Gasteiger partial charge in [-0.15, -0.1) is 0 Å². The van der Waals surface area contributed by atoms with Crippen LogP contribution in [0.5, 0.6) is 0 Å². The average Bonchev–Trinajstić information content (AvgIpc) is 2.97. The van der Waals surface area contributed by atoms with Crippen LogP contribution in [0.4, 0.5) is 5.00 Å². The van der Waals surface area contributed by atoms with E-state index >= 15 is 0 Å². The number of carbonyl (C=O) groups is 2. The number of hydrogen-bond donors (Lipinski definition) is 1. The van der Waals surface area contributed by atoms with Crippen LogP contribution in [0.3, 0.4) is 0 Å². The predicted molar refractivity (Wildman–Crippen MR) is 82.0 cm³/mol. The summed E-state index contributed by atoms with van der Waals surface area (Å²) in [6.45, 7) is 5.09. The number of carbonyl (C=O) groups excluding carboxylic acids is 2. The number of likely N-dealkylation sites (N-methyl/N-ethyl adjacent to an activating group) is 1. The number of rotatable bonds is 5. The monoisotopic (exact) mass is 326 g/mol. The maximum Gasteiger partial charge on any atom is 0.324 e. The number of amides is 2. The number of nitrogens with zero attached hydrogens (tertiary/aromatic N) is 3. The molecule has 0 radical (unpaired) electrons. The summed E-state index contributed by atoms with van der Waals surface area (Å²) in [6.07, 6.45) is 0. The molecule has 9 heteroatoms. The Morgan fingerprint density at radius 2 is 2.00 bits per heavy atom. The smallest absolute Gasteiger partial charge is 0.324 e. The van der Waals surface area contributed by atoms with E-state index in [0.29, 0.717) is 44.1 Å². The molecular weight excluding hydrogens is 308 g/mol. The van der Waals surface area contributed by atoms with Gasteiger partial charge in [-0.2, -0.15) is 0 Å². The molecule has 1 aliphatic heterocycles.